The van der Waals surface area contributed by atoms with Crippen LogP contribution in [0.25, 0.3) is 0 Å². The van der Waals surface area contributed by atoms with Crippen LogP contribution in [-0.4, -0.2) is 19.3 Å². The summed E-state index contributed by atoms with van der Waals surface area (Å²) in [5.74, 6) is 0.949. The van der Waals surface area contributed by atoms with Gasteiger partial charge in [-0.15, -0.1) is 11.7 Å². The van der Waals surface area contributed by atoms with Gasteiger partial charge in [0.2, 0.25) is 0 Å². The molecule has 0 atom stereocenters. The van der Waals surface area contributed by atoms with Gasteiger partial charge in [-0.25, -0.2) is 0 Å². The third kappa shape index (κ3) is 2.19. The van der Waals surface area contributed by atoms with Crippen LogP contribution < -0.4 is 4.74 Å². The second kappa shape index (κ2) is 4.47. The van der Waals surface area contributed by atoms with Crippen LogP contribution >= 0.6 is 22.5 Å². The van der Waals surface area contributed by atoms with Crippen molar-refractivity contribution in [3.63, 3.8) is 0 Å². The first-order valence-electron chi connectivity index (χ1n) is 4.46. The highest BCUT2D eigenvalue weighted by molar-refractivity contribution is 8.68. The van der Waals surface area contributed by atoms with E-state index >= 15 is 0 Å². The smallest absolute Gasteiger partial charge is 0.145 e. The molecule has 1 aliphatic rings. The van der Waals surface area contributed by atoms with Crippen molar-refractivity contribution in [1.29, 1.82) is 0 Å². The zero-order chi connectivity index (χ0) is 9.97. The fourth-order valence-corrected chi connectivity index (χ4v) is 1.97. The van der Waals surface area contributed by atoms with Crippen LogP contribution in [0.3, 0.4) is 0 Å². The molecule has 0 bridgehead atoms. The molecule has 1 aliphatic heterocycles. The number of hydrogen-bond donors (Lipinski definition) is 1. The van der Waals surface area contributed by atoms with Crippen LogP contribution in [-0.2, 0) is 4.74 Å². The van der Waals surface area contributed by atoms with E-state index in [0.717, 1.165) is 16.2 Å². The summed E-state index contributed by atoms with van der Waals surface area (Å²) >= 11 is 4.15. The Morgan fingerprint density at radius 3 is 2.79 bits per heavy atom. The van der Waals surface area contributed by atoms with Crippen molar-refractivity contribution in [3.8, 4) is 5.75 Å². The SMILES string of the molecule is Cc1cc(SS)ccc1OC1COC1. The molecule has 1 aromatic rings. The van der Waals surface area contributed by atoms with Gasteiger partial charge in [-0.05, 0) is 30.7 Å². The summed E-state index contributed by atoms with van der Waals surface area (Å²) in [4.78, 5) is 1.14. The maximum absolute atomic E-state index is 5.72. The Bertz CT molecular complexity index is 324. The quantitative estimate of drug-likeness (QED) is 0.634. The second-order valence-electron chi connectivity index (χ2n) is 3.30. The standard InChI is InChI=1S/C10H12O2S2/c1-7-4-9(14-13)2-3-10(7)12-8-5-11-6-8/h2-4,8,13H,5-6H2,1H3. The van der Waals surface area contributed by atoms with Gasteiger partial charge in [0.05, 0.1) is 13.2 Å². The molecule has 1 fully saturated rings. The molecule has 0 amide bonds. The molecule has 0 spiro atoms. The van der Waals surface area contributed by atoms with Crippen LogP contribution in [0.4, 0.5) is 0 Å². The van der Waals surface area contributed by atoms with E-state index in [9.17, 15) is 0 Å². The van der Waals surface area contributed by atoms with E-state index in [4.69, 9.17) is 9.47 Å². The third-order valence-corrected chi connectivity index (χ3v) is 3.25. The van der Waals surface area contributed by atoms with E-state index in [1.807, 2.05) is 19.1 Å². The van der Waals surface area contributed by atoms with Gasteiger partial charge in [-0.2, -0.15) is 0 Å². The number of benzene rings is 1. The lowest BCUT2D eigenvalue weighted by molar-refractivity contribution is -0.0799. The highest BCUT2D eigenvalue weighted by atomic mass is 33.1. The number of hydrogen-bond acceptors (Lipinski definition) is 4. The summed E-state index contributed by atoms with van der Waals surface area (Å²) in [5, 5.41) is 0. The first-order chi connectivity index (χ1) is 6.79. The Hall–Kier alpha value is -0.320. The van der Waals surface area contributed by atoms with E-state index in [1.54, 1.807) is 0 Å². The molecule has 0 radical (unpaired) electrons. The van der Waals surface area contributed by atoms with Gasteiger partial charge in [0.25, 0.3) is 0 Å². The minimum atomic E-state index is 0.239. The molecule has 1 saturated heterocycles. The second-order valence-corrected chi connectivity index (χ2v) is 4.50. The molecule has 76 valence electrons. The van der Waals surface area contributed by atoms with Crippen molar-refractivity contribution in [2.45, 2.75) is 17.9 Å². The van der Waals surface area contributed by atoms with Gasteiger partial charge in [-0.1, -0.05) is 10.8 Å². The maximum Gasteiger partial charge on any atom is 0.145 e. The number of aryl methyl sites for hydroxylation is 1. The summed E-state index contributed by atoms with van der Waals surface area (Å²) in [5.41, 5.74) is 1.15. The fraction of sp³-hybridized carbons (Fsp3) is 0.400. The zero-order valence-corrected chi connectivity index (χ0v) is 9.61. The van der Waals surface area contributed by atoms with Gasteiger partial charge < -0.3 is 9.47 Å². The average Bonchev–Trinajstić information content (AvgIpc) is 2.13. The number of rotatable bonds is 3. The van der Waals surface area contributed by atoms with Crippen molar-refractivity contribution in [2.75, 3.05) is 13.2 Å². The Kier molecular flexibility index (Phi) is 3.26. The molecule has 1 aromatic carbocycles. The molecule has 1 heterocycles. The number of ether oxygens (including phenoxy) is 2. The lowest BCUT2D eigenvalue weighted by Gasteiger charge is -2.27. The summed E-state index contributed by atoms with van der Waals surface area (Å²) in [7, 11) is 1.44. The van der Waals surface area contributed by atoms with E-state index in [1.165, 1.54) is 10.8 Å². The molecule has 0 aromatic heterocycles. The van der Waals surface area contributed by atoms with Gasteiger partial charge in [-0.3, -0.25) is 0 Å². The molecule has 0 unspecified atom stereocenters. The molecule has 0 aliphatic carbocycles. The zero-order valence-electron chi connectivity index (χ0n) is 7.90. The Morgan fingerprint density at radius 2 is 2.29 bits per heavy atom. The molecule has 0 N–H and O–H groups in total. The van der Waals surface area contributed by atoms with E-state index in [2.05, 4.69) is 17.7 Å². The average molecular weight is 228 g/mol. The summed E-state index contributed by atoms with van der Waals surface area (Å²) in [6.07, 6.45) is 0.239. The van der Waals surface area contributed by atoms with Gasteiger partial charge in [0.1, 0.15) is 11.9 Å². The minimum absolute atomic E-state index is 0.239. The molecular formula is C10H12O2S2. The van der Waals surface area contributed by atoms with Crippen LogP contribution in [0.15, 0.2) is 23.1 Å². The summed E-state index contributed by atoms with van der Waals surface area (Å²) < 4.78 is 10.8. The van der Waals surface area contributed by atoms with Gasteiger partial charge >= 0.3 is 0 Å². The predicted octanol–water partition coefficient (Wildman–Crippen LogP) is 2.71. The van der Waals surface area contributed by atoms with Crippen LogP contribution in [0.2, 0.25) is 0 Å². The number of thiol groups is 1. The molecule has 2 rings (SSSR count). The van der Waals surface area contributed by atoms with Gasteiger partial charge in [0.15, 0.2) is 0 Å². The van der Waals surface area contributed by atoms with Crippen molar-refractivity contribution in [3.05, 3.63) is 23.8 Å². The van der Waals surface area contributed by atoms with Crippen LogP contribution in [0.5, 0.6) is 5.75 Å². The predicted molar refractivity (Wildman–Crippen MR) is 61.3 cm³/mol. The van der Waals surface area contributed by atoms with Gasteiger partial charge in [0, 0.05) is 4.90 Å². The summed E-state index contributed by atoms with van der Waals surface area (Å²) in [6, 6.07) is 6.08. The van der Waals surface area contributed by atoms with Crippen LogP contribution in [0, 0.1) is 6.92 Å². The normalized spacial score (nSPS) is 16.4. The Labute approximate surface area is 92.8 Å². The van der Waals surface area contributed by atoms with E-state index < -0.39 is 0 Å². The van der Waals surface area contributed by atoms with Crippen molar-refractivity contribution in [2.24, 2.45) is 0 Å². The first-order valence-corrected chi connectivity index (χ1v) is 6.33. The van der Waals surface area contributed by atoms with Crippen molar-refractivity contribution in [1.82, 2.24) is 0 Å². The Balaban J connectivity index is 2.09. The molecule has 4 heteroatoms. The topological polar surface area (TPSA) is 18.5 Å². The van der Waals surface area contributed by atoms with E-state index in [0.29, 0.717) is 13.2 Å². The summed E-state index contributed by atoms with van der Waals surface area (Å²) in [6.45, 7) is 3.47. The van der Waals surface area contributed by atoms with E-state index in [-0.39, 0.29) is 6.10 Å². The lowest BCUT2D eigenvalue weighted by Crippen LogP contribution is -2.38. The highest BCUT2D eigenvalue weighted by Crippen LogP contribution is 2.28. The maximum atomic E-state index is 5.72. The molecule has 2 nitrogen and oxygen atoms in total. The monoisotopic (exact) mass is 228 g/mol. The lowest BCUT2D eigenvalue weighted by atomic mass is 10.2. The minimum Gasteiger partial charge on any atom is -0.485 e. The van der Waals surface area contributed by atoms with Crippen molar-refractivity contribution >= 4 is 22.5 Å². The van der Waals surface area contributed by atoms with Crippen molar-refractivity contribution < 1.29 is 9.47 Å². The largest absolute Gasteiger partial charge is 0.485 e. The Morgan fingerprint density at radius 1 is 1.50 bits per heavy atom. The molecular weight excluding hydrogens is 216 g/mol. The highest BCUT2D eigenvalue weighted by Gasteiger charge is 2.20. The fourth-order valence-electron chi connectivity index (χ4n) is 1.27. The molecule has 0 saturated carbocycles. The first kappa shape index (κ1) is 10.2. The van der Waals surface area contributed by atoms with Crippen LogP contribution in [0.1, 0.15) is 5.56 Å². The third-order valence-electron chi connectivity index (χ3n) is 2.15. The molecule has 14 heavy (non-hydrogen) atoms.